The molecular weight excluding hydrogens is 487 g/mol. The molecule has 0 saturated heterocycles. The molecule has 9 heteroatoms. The van der Waals surface area contributed by atoms with E-state index in [0.717, 1.165) is 18.9 Å². The van der Waals surface area contributed by atoms with Crippen LogP contribution in [0.3, 0.4) is 0 Å². The number of rotatable bonds is 24. The number of carbonyl (C=O) groups is 4. The molecule has 0 fully saturated rings. The van der Waals surface area contributed by atoms with Crippen molar-refractivity contribution < 1.29 is 68.8 Å². The molecule has 0 aromatic carbocycles. The van der Waals surface area contributed by atoms with Gasteiger partial charge in [-0.1, -0.05) is 103 Å². The Balaban J connectivity index is -0.000000886. The van der Waals surface area contributed by atoms with Crippen molar-refractivity contribution in [2.75, 3.05) is 6.61 Å². The molecule has 0 radical (unpaired) electrons. The average Bonchev–Trinajstić information content (AvgIpc) is 2.82. The summed E-state index contributed by atoms with van der Waals surface area (Å²) in [5.74, 6) is -3.74. The molecule has 0 heterocycles. The first-order chi connectivity index (χ1) is 17.3. The molecule has 0 aromatic heterocycles. The number of aliphatic carboxylic acids is 3. The van der Waals surface area contributed by atoms with Crippen LogP contribution in [0.5, 0.6) is 0 Å². The average molecular weight is 537 g/mol. The molecular formula is C28H49NaO8. The van der Waals surface area contributed by atoms with E-state index < -0.39 is 23.9 Å². The Labute approximate surface area is 245 Å². The molecule has 0 aromatic rings. The standard InChI is InChI=1S/C22H40O4.C6H10O4.Na/c1-2-3-4-5-6-7-8-9-10-11-12-13-14-15-16-17-20-26-22(25)19-18-21(23)24;7-5(8)3-1-2-4-6(9)10;/h18-19H,2-17,20H2,1H3,(H,23,24);1-4H2,(H,7,8)(H,9,10);/q;;+1/p-1/b19-18+;;. The van der Waals surface area contributed by atoms with Gasteiger partial charge in [0.25, 0.3) is 0 Å². The molecule has 37 heavy (non-hydrogen) atoms. The van der Waals surface area contributed by atoms with Gasteiger partial charge in [-0.25, -0.2) is 4.79 Å². The fourth-order valence-corrected chi connectivity index (χ4v) is 3.56. The number of hydrogen-bond donors (Lipinski definition) is 2. The molecule has 0 saturated carbocycles. The van der Waals surface area contributed by atoms with Crippen LogP contribution in [0.1, 0.15) is 135 Å². The maximum Gasteiger partial charge on any atom is 1.00 e. The molecule has 0 spiro atoms. The minimum Gasteiger partial charge on any atom is -0.545 e. The Morgan fingerprint density at radius 2 is 0.946 bits per heavy atom. The van der Waals surface area contributed by atoms with Crippen LogP contribution < -0.4 is 34.7 Å². The van der Waals surface area contributed by atoms with Crippen molar-refractivity contribution in [3.63, 3.8) is 0 Å². The summed E-state index contributed by atoms with van der Waals surface area (Å²) in [6.45, 7) is 2.62. The van der Waals surface area contributed by atoms with Crippen molar-refractivity contribution in [2.24, 2.45) is 0 Å². The summed E-state index contributed by atoms with van der Waals surface area (Å²) in [4.78, 5) is 41.0. The van der Waals surface area contributed by atoms with Crippen molar-refractivity contribution in [3.05, 3.63) is 12.2 Å². The number of esters is 1. The van der Waals surface area contributed by atoms with E-state index in [0.29, 0.717) is 25.5 Å². The van der Waals surface area contributed by atoms with Gasteiger partial charge in [-0.05, 0) is 25.3 Å². The molecule has 0 aliphatic rings. The summed E-state index contributed by atoms with van der Waals surface area (Å²) in [7, 11) is 0. The molecule has 0 amide bonds. The zero-order chi connectivity index (χ0) is 27.3. The Kier molecular flexibility index (Phi) is 35.4. The number of carboxylic acids is 3. The zero-order valence-electron chi connectivity index (χ0n) is 23.3. The van der Waals surface area contributed by atoms with Gasteiger partial charge in [-0.15, -0.1) is 0 Å². The third-order valence-corrected chi connectivity index (χ3v) is 5.63. The Hall–Kier alpha value is -1.38. The topological polar surface area (TPSA) is 141 Å². The van der Waals surface area contributed by atoms with Gasteiger partial charge in [0.05, 0.1) is 12.6 Å². The van der Waals surface area contributed by atoms with Crippen molar-refractivity contribution in [2.45, 2.75) is 135 Å². The van der Waals surface area contributed by atoms with Crippen LogP contribution >= 0.6 is 0 Å². The fourth-order valence-electron chi connectivity index (χ4n) is 3.56. The van der Waals surface area contributed by atoms with Crippen LogP contribution in [0.25, 0.3) is 0 Å². The van der Waals surface area contributed by atoms with E-state index in [-0.39, 0.29) is 42.4 Å². The number of carbonyl (C=O) groups excluding carboxylic acids is 2. The number of hydrogen-bond acceptors (Lipinski definition) is 6. The summed E-state index contributed by atoms with van der Waals surface area (Å²) >= 11 is 0. The quantitative estimate of drug-likeness (QED) is 0.0830. The fraction of sp³-hybridized carbons (Fsp3) is 0.786. The summed E-state index contributed by atoms with van der Waals surface area (Å²) in [5, 5.41) is 26.4. The molecule has 8 nitrogen and oxygen atoms in total. The molecule has 0 unspecified atom stereocenters. The molecule has 0 bridgehead atoms. The smallest absolute Gasteiger partial charge is 0.545 e. The second-order valence-corrected chi connectivity index (χ2v) is 9.12. The van der Waals surface area contributed by atoms with Crippen LogP contribution in [0.2, 0.25) is 0 Å². The Morgan fingerprint density at radius 1 is 0.595 bits per heavy atom. The molecule has 210 valence electrons. The maximum absolute atomic E-state index is 11.1. The first-order valence-corrected chi connectivity index (χ1v) is 13.8. The van der Waals surface area contributed by atoms with Crippen molar-refractivity contribution in [1.29, 1.82) is 0 Å². The van der Waals surface area contributed by atoms with E-state index in [4.69, 9.17) is 14.9 Å². The van der Waals surface area contributed by atoms with Gasteiger partial charge in [-0.3, -0.25) is 9.59 Å². The van der Waals surface area contributed by atoms with E-state index in [1.807, 2.05) is 0 Å². The second kappa shape index (κ2) is 32.6. The monoisotopic (exact) mass is 536 g/mol. The Morgan fingerprint density at radius 3 is 1.27 bits per heavy atom. The van der Waals surface area contributed by atoms with Crippen molar-refractivity contribution >= 4 is 23.9 Å². The van der Waals surface area contributed by atoms with E-state index in [1.165, 1.54) is 89.9 Å². The zero-order valence-corrected chi connectivity index (χ0v) is 25.3. The van der Waals surface area contributed by atoms with Crippen LogP contribution in [0.4, 0.5) is 0 Å². The first kappa shape index (κ1) is 40.1. The van der Waals surface area contributed by atoms with Crippen LogP contribution in [0.15, 0.2) is 12.2 Å². The third-order valence-electron chi connectivity index (χ3n) is 5.63. The number of unbranched alkanes of at least 4 members (excludes halogenated alkanes) is 16. The van der Waals surface area contributed by atoms with Crippen LogP contribution in [0, 0.1) is 0 Å². The minimum atomic E-state index is -1.38. The van der Waals surface area contributed by atoms with Crippen LogP contribution in [-0.2, 0) is 23.9 Å². The molecule has 0 atom stereocenters. The van der Waals surface area contributed by atoms with Gasteiger partial charge in [0.2, 0.25) is 0 Å². The van der Waals surface area contributed by atoms with Crippen LogP contribution in [-0.4, -0.2) is 40.7 Å². The largest absolute Gasteiger partial charge is 1.00 e. The normalized spacial score (nSPS) is 10.3. The van der Waals surface area contributed by atoms with Crippen molar-refractivity contribution in [1.82, 2.24) is 0 Å². The number of carboxylic acid groups (broad SMARTS) is 3. The predicted molar refractivity (Wildman–Crippen MR) is 138 cm³/mol. The molecule has 0 aliphatic carbocycles. The SMILES string of the molecule is CCCCCCCCCCCCCCCCCCOC(=O)/C=C/C(=O)[O-].O=C(O)CCCCC(=O)O.[Na+]. The number of ether oxygens (including phenoxy) is 1. The minimum absolute atomic E-state index is 0. The summed E-state index contributed by atoms with van der Waals surface area (Å²) in [6, 6.07) is 0. The van der Waals surface area contributed by atoms with Gasteiger partial charge >= 0.3 is 47.5 Å². The van der Waals surface area contributed by atoms with E-state index in [2.05, 4.69) is 6.92 Å². The maximum atomic E-state index is 11.1. The summed E-state index contributed by atoms with van der Waals surface area (Å²) < 4.78 is 4.89. The van der Waals surface area contributed by atoms with Gasteiger partial charge in [0, 0.05) is 18.9 Å². The second-order valence-electron chi connectivity index (χ2n) is 9.12. The summed E-state index contributed by atoms with van der Waals surface area (Å²) in [5.41, 5.74) is 0. The van der Waals surface area contributed by atoms with Gasteiger partial charge < -0.3 is 24.9 Å². The van der Waals surface area contributed by atoms with E-state index in [1.54, 1.807) is 0 Å². The van der Waals surface area contributed by atoms with Crippen molar-refractivity contribution in [3.8, 4) is 0 Å². The Bertz CT molecular complexity index is 577. The van der Waals surface area contributed by atoms with E-state index >= 15 is 0 Å². The van der Waals surface area contributed by atoms with Gasteiger partial charge in [-0.2, -0.15) is 0 Å². The molecule has 2 N–H and O–H groups in total. The van der Waals surface area contributed by atoms with Gasteiger partial charge in [0.1, 0.15) is 0 Å². The molecule has 0 aliphatic heterocycles. The first-order valence-electron chi connectivity index (χ1n) is 13.8. The predicted octanol–water partition coefficient (Wildman–Crippen LogP) is 2.82. The molecule has 0 rings (SSSR count). The van der Waals surface area contributed by atoms with Gasteiger partial charge in [0.15, 0.2) is 0 Å². The third kappa shape index (κ3) is 42.0. The summed E-state index contributed by atoms with van der Waals surface area (Å²) in [6.07, 6.45) is 23.5. The van der Waals surface area contributed by atoms with E-state index in [9.17, 15) is 24.3 Å².